The third kappa shape index (κ3) is 3.40. The maximum Gasteiger partial charge on any atom is 0.134 e. The van der Waals surface area contributed by atoms with Crippen molar-refractivity contribution in [1.82, 2.24) is 0 Å². The van der Waals surface area contributed by atoms with Crippen molar-refractivity contribution < 1.29 is 14.6 Å². The summed E-state index contributed by atoms with van der Waals surface area (Å²) in [4.78, 5) is 0. The summed E-state index contributed by atoms with van der Waals surface area (Å²) in [6.45, 7) is 1.01. The Morgan fingerprint density at radius 3 is 2.63 bits per heavy atom. The smallest absolute Gasteiger partial charge is 0.134 e. The first-order valence-corrected chi connectivity index (χ1v) is 6.30. The summed E-state index contributed by atoms with van der Waals surface area (Å²) >= 11 is 5.81. The standard InChI is InChI=1S/C15H15ClO3/c1-18-8-9-19-15-5-3-2-4-12(15)11-6-7-13(16)14(17)10-11/h2-7,10,17H,8-9H2,1H3. The first-order chi connectivity index (χ1) is 9.22. The minimum Gasteiger partial charge on any atom is -0.506 e. The van der Waals surface area contributed by atoms with Crippen molar-refractivity contribution in [3.8, 4) is 22.6 Å². The van der Waals surface area contributed by atoms with Gasteiger partial charge in [0, 0.05) is 12.7 Å². The quantitative estimate of drug-likeness (QED) is 0.847. The lowest BCUT2D eigenvalue weighted by molar-refractivity contribution is 0.146. The molecule has 0 heterocycles. The molecule has 0 aliphatic rings. The zero-order valence-corrected chi connectivity index (χ0v) is 11.4. The van der Waals surface area contributed by atoms with Crippen LogP contribution in [0, 0.1) is 0 Å². The van der Waals surface area contributed by atoms with Crippen LogP contribution in [-0.2, 0) is 4.74 Å². The van der Waals surface area contributed by atoms with Crippen molar-refractivity contribution in [2.45, 2.75) is 0 Å². The number of phenolic OH excluding ortho intramolecular Hbond substituents is 1. The van der Waals surface area contributed by atoms with E-state index in [0.717, 1.165) is 16.9 Å². The molecule has 1 N–H and O–H groups in total. The Morgan fingerprint density at radius 2 is 1.89 bits per heavy atom. The summed E-state index contributed by atoms with van der Waals surface area (Å²) in [7, 11) is 1.63. The molecule has 4 heteroatoms. The van der Waals surface area contributed by atoms with Crippen LogP contribution < -0.4 is 4.74 Å². The number of ether oxygens (including phenoxy) is 2. The molecular weight excluding hydrogens is 264 g/mol. The number of rotatable bonds is 5. The Morgan fingerprint density at radius 1 is 1.11 bits per heavy atom. The van der Waals surface area contributed by atoms with Gasteiger partial charge in [-0.1, -0.05) is 35.9 Å². The van der Waals surface area contributed by atoms with Gasteiger partial charge in [-0.2, -0.15) is 0 Å². The zero-order chi connectivity index (χ0) is 13.7. The molecule has 0 bridgehead atoms. The predicted octanol–water partition coefficient (Wildman–Crippen LogP) is 3.74. The third-order valence-corrected chi connectivity index (χ3v) is 3.01. The molecule has 3 nitrogen and oxygen atoms in total. The molecule has 0 aliphatic carbocycles. The van der Waals surface area contributed by atoms with E-state index >= 15 is 0 Å². The van der Waals surface area contributed by atoms with E-state index in [-0.39, 0.29) is 5.75 Å². The molecule has 0 amide bonds. The fourth-order valence-electron chi connectivity index (χ4n) is 1.75. The highest BCUT2D eigenvalue weighted by atomic mass is 35.5. The summed E-state index contributed by atoms with van der Waals surface area (Å²) < 4.78 is 10.6. The van der Waals surface area contributed by atoms with Gasteiger partial charge in [-0.25, -0.2) is 0 Å². The average molecular weight is 279 g/mol. The fourth-order valence-corrected chi connectivity index (χ4v) is 1.86. The second kappa shape index (κ2) is 6.45. The Kier molecular flexibility index (Phi) is 4.66. The SMILES string of the molecule is COCCOc1ccccc1-c1ccc(Cl)c(O)c1. The Bertz CT molecular complexity index is 555. The third-order valence-electron chi connectivity index (χ3n) is 2.69. The zero-order valence-electron chi connectivity index (χ0n) is 10.6. The van der Waals surface area contributed by atoms with Crippen LogP contribution in [-0.4, -0.2) is 25.4 Å². The van der Waals surface area contributed by atoms with E-state index in [2.05, 4.69) is 0 Å². The Hall–Kier alpha value is -1.71. The summed E-state index contributed by atoms with van der Waals surface area (Å²) in [6.07, 6.45) is 0. The van der Waals surface area contributed by atoms with Gasteiger partial charge in [0.25, 0.3) is 0 Å². The van der Waals surface area contributed by atoms with Crippen molar-refractivity contribution in [2.75, 3.05) is 20.3 Å². The number of benzene rings is 2. The molecule has 0 spiro atoms. The lowest BCUT2D eigenvalue weighted by Gasteiger charge is -2.11. The summed E-state index contributed by atoms with van der Waals surface area (Å²) in [5.41, 5.74) is 1.76. The van der Waals surface area contributed by atoms with Gasteiger partial charge in [-0.15, -0.1) is 0 Å². The molecule has 2 rings (SSSR count). The Labute approximate surface area is 117 Å². The molecular formula is C15H15ClO3. The first kappa shape index (κ1) is 13.7. The van der Waals surface area contributed by atoms with E-state index in [4.69, 9.17) is 21.1 Å². The normalized spacial score (nSPS) is 10.4. The fraction of sp³-hybridized carbons (Fsp3) is 0.200. The van der Waals surface area contributed by atoms with Gasteiger partial charge >= 0.3 is 0 Å². The highest BCUT2D eigenvalue weighted by Crippen LogP contribution is 2.34. The van der Waals surface area contributed by atoms with E-state index in [9.17, 15) is 5.11 Å². The minimum atomic E-state index is 0.0610. The maximum atomic E-state index is 9.67. The highest BCUT2D eigenvalue weighted by Gasteiger charge is 2.08. The number of hydrogen-bond donors (Lipinski definition) is 1. The van der Waals surface area contributed by atoms with Crippen molar-refractivity contribution in [1.29, 1.82) is 0 Å². The number of aromatic hydroxyl groups is 1. The van der Waals surface area contributed by atoms with E-state index in [0.29, 0.717) is 18.2 Å². The molecule has 0 unspecified atom stereocenters. The van der Waals surface area contributed by atoms with Crippen molar-refractivity contribution in [3.05, 3.63) is 47.5 Å². The van der Waals surface area contributed by atoms with Crippen molar-refractivity contribution >= 4 is 11.6 Å². The second-order valence-corrected chi connectivity index (χ2v) is 4.41. The molecule has 0 fully saturated rings. The van der Waals surface area contributed by atoms with Crippen LogP contribution in [0.5, 0.6) is 11.5 Å². The van der Waals surface area contributed by atoms with Crippen LogP contribution in [0.1, 0.15) is 0 Å². The van der Waals surface area contributed by atoms with E-state index < -0.39 is 0 Å². The molecule has 0 atom stereocenters. The lowest BCUT2D eigenvalue weighted by atomic mass is 10.0. The van der Waals surface area contributed by atoms with Crippen molar-refractivity contribution in [2.24, 2.45) is 0 Å². The Balaban J connectivity index is 2.30. The van der Waals surface area contributed by atoms with Crippen molar-refractivity contribution in [3.63, 3.8) is 0 Å². The molecule has 0 radical (unpaired) electrons. The van der Waals surface area contributed by atoms with Crippen LogP contribution in [0.4, 0.5) is 0 Å². The molecule has 19 heavy (non-hydrogen) atoms. The number of halogens is 1. The van der Waals surface area contributed by atoms with Crippen LogP contribution in [0.15, 0.2) is 42.5 Å². The lowest BCUT2D eigenvalue weighted by Crippen LogP contribution is -2.04. The van der Waals surface area contributed by atoms with Gasteiger partial charge in [0.15, 0.2) is 0 Å². The van der Waals surface area contributed by atoms with Gasteiger partial charge < -0.3 is 14.6 Å². The van der Waals surface area contributed by atoms with Gasteiger partial charge in [0.05, 0.1) is 11.6 Å². The van der Waals surface area contributed by atoms with Crippen LogP contribution in [0.3, 0.4) is 0 Å². The molecule has 0 saturated heterocycles. The van der Waals surface area contributed by atoms with E-state index in [1.807, 2.05) is 30.3 Å². The summed E-state index contributed by atoms with van der Waals surface area (Å²) in [6, 6.07) is 12.8. The first-order valence-electron chi connectivity index (χ1n) is 5.92. The minimum absolute atomic E-state index is 0.0610. The maximum absolute atomic E-state index is 9.67. The number of hydrogen-bond acceptors (Lipinski definition) is 3. The molecule has 0 aliphatic heterocycles. The molecule has 2 aromatic rings. The van der Waals surface area contributed by atoms with E-state index in [1.54, 1.807) is 19.2 Å². The highest BCUT2D eigenvalue weighted by molar-refractivity contribution is 6.32. The van der Waals surface area contributed by atoms with Crippen LogP contribution in [0.2, 0.25) is 5.02 Å². The largest absolute Gasteiger partial charge is 0.506 e. The van der Waals surface area contributed by atoms with Crippen LogP contribution in [0.25, 0.3) is 11.1 Å². The average Bonchev–Trinajstić information content (AvgIpc) is 2.43. The topological polar surface area (TPSA) is 38.7 Å². The van der Waals surface area contributed by atoms with Gasteiger partial charge in [0.2, 0.25) is 0 Å². The molecule has 100 valence electrons. The summed E-state index contributed by atoms with van der Waals surface area (Å²) in [5, 5.41) is 10.0. The van der Waals surface area contributed by atoms with Gasteiger partial charge in [-0.3, -0.25) is 0 Å². The second-order valence-electron chi connectivity index (χ2n) is 4.00. The molecule has 2 aromatic carbocycles. The predicted molar refractivity (Wildman–Crippen MR) is 75.9 cm³/mol. The van der Waals surface area contributed by atoms with E-state index in [1.165, 1.54) is 0 Å². The number of phenols is 1. The van der Waals surface area contributed by atoms with Crippen LogP contribution >= 0.6 is 11.6 Å². The van der Waals surface area contributed by atoms with Gasteiger partial charge in [-0.05, 0) is 23.8 Å². The summed E-state index contributed by atoms with van der Waals surface area (Å²) in [5.74, 6) is 0.812. The number of methoxy groups -OCH3 is 1. The number of para-hydroxylation sites is 1. The van der Waals surface area contributed by atoms with Gasteiger partial charge in [0.1, 0.15) is 18.1 Å². The molecule has 0 saturated carbocycles. The molecule has 0 aromatic heterocycles. The monoisotopic (exact) mass is 278 g/mol.